The lowest BCUT2D eigenvalue weighted by Crippen LogP contribution is -2.40. The molecule has 1 amide bonds. The fraction of sp³-hybridized carbons (Fsp3) is 0.429. The Hall–Kier alpha value is -2.60. The number of amides is 1. The molecule has 2 aliphatic heterocycles. The van der Waals surface area contributed by atoms with Crippen molar-refractivity contribution in [2.45, 2.75) is 25.9 Å². The Bertz CT molecular complexity index is 816. The number of ether oxygens (including phenoxy) is 2. The summed E-state index contributed by atoms with van der Waals surface area (Å²) in [5.41, 5.74) is 2.24. The third kappa shape index (κ3) is 3.62. The molecule has 0 unspecified atom stereocenters. The summed E-state index contributed by atoms with van der Waals surface area (Å²) in [7, 11) is 0. The van der Waals surface area contributed by atoms with E-state index in [4.69, 9.17) is 9.47 Å². The van der Waals surface area contributed by atoms with E-state index in [-0.39, 0.29) is 11.8 Å². The Labute approximate surface area is 158 Å². The number of rotatable bonds is 3. The summed E-state index contributed by atoms with van der Waals surface area (Å²) >= 11 is 0. The second kappa shape index (κ2) is 7.56. The van der Waals surface area contributed by atoms with Gasteiger partial charge in [0.05, 0.1) is 11.8 Å². The van der Waals surface area contributed by atoms with Crippen molar-refractivity contribution in [1.82, 2.24) is 9.88 Å². The van der Waals surface area contributed by atoms with Gasteiger partial charge in [0.1, 0.15) is 13.2 Å². The van der Waals surface area contributed by atoms with E-state index in [1.807, 2.05) is 36.1 Å². The van der Waals surface area contributed by atoms with E-state index in [1.54, 1.807) is 12.3 Å². The van der Waals surface area contributed by atoms with Crippen molar-refractivity contribution >= 4 is 5.91 Å². The summed E-state index contributed by atoms with van der Waals surface area (Å²) < 4.78 is 11.2. The smallest absolute Gasteiger partial charge is 0.254 e. The van der Waals surface area contributed by atoms with Gasteiger partial charge in [-0.05, 0) is 55.5 Å². The van der Waals surface area contributed by atoms with Crippen LogP contribution in [0.1, 0.15) is 40.6 Å². The molecule has 1 aromatic heterocycles. The quantitative estimate of drug-likeness (QED) is 0.902. The molecule has 1 atom stereocenters. The first kappa shape index (κ1) is 17.8. The van der Waals surface area contributed by atoms with Crippen LogP contribution in [-0.4, -0.2) is 47.2 Å². The second-order valence-corrected chi connectivity index (χ2v) is 7.14. The number of aliphatic hydroxyl groups excluding tert-OH is 1. The molecule has 1 N–H and O–H groups in total. The van der Waals surface area contributed by atoms with Crippen molar-refractivity contribution in [3.05, 3.63) is 53.3 Å². The SMILES string of the molecule is Cc1cc2c(cc1C(=O)N1CCC([C@@H](O)c3ccccn3)CC1)OCCO2. The van der Waals surface area contributed by atoms with Gasteiger partial charge in [0.2, 0.25) is 0 Å². The van der Waals surface area contributed by atoms with Gasteiger partial charge in [-0.25, -0.2) is 0 Å². The number of pyridine rings is 1. The first-order valence-corrected chi connectivity index (χ1v) is 9.42. The highest BCUT2D eigenvalue weighted by molar-refractivity contribution is 5.96. The molecule has 1 saturated heterocycles. The first-order valence-electron chi connectivity index (χ1n) is 9.42. The van der Waals surface area contributed by atoms with E-state index in [0.717, 1.165) is 18.4 Å². The monoisotopic (exact) mass is 368 g/mol. The second-order valence-electron chi connectivity index (χ2n) is 7.14. The van der Waals surface area contributed by atoms with E-state index in [2.05, 4.69) is 4.98 Å². The van der Waals surface area contributed by atoms with E-state index in [0.29, 0.717) is 49.1 Å². The molecule has 4 rings (SSSR count). The van der Waals surface area contributed by atoms with Crippen LogP contribution in [0.3, 0.4) is 0 Å². The molecule has 0 spiro atoms. The summed E-state index contributed by atoms with van der Waals surface area (Å²) in [5, 5.41) is 10.6. The van der Waals surface area contributed by atoms with Gasteiger partial charge in [0, 0.05) is 24.8 Å². The minimum Gasteiger partial charge on any atom is -0.486 e. The fourth-order valence-corrected chi connectivity index (χ4v) is 3.80. The van der Waals surface area contributed by atoms with Gasteiger partial charge in [0.25, 0.3) is 5.91 Å². The molecule has 0 bridgehead atoms. The van der Waals surface area contributed by atoms with Crippen molar-refractivity contribution in [1.29, 1.82) is 0 Å². The lowest BCUT2D eigenvalue weighted by molar-refractivity contribution is 0.0446. The highest BCUT2D eigenvalue weighted by atomic mass is 16.6. The summed E-state index contributed by atoms with van der Waals surface area (Å²) in [5.74, 6) is 1.46. The zero-order valence-electron chi connectivity index (χ0n) is 15.4. The Morgan fingerprint density at radius 3 is 2.56 bits per heavy atom. The highest BCUT2D eigenvalue weighted by Crippen LogP contribution is 2.35. The Kier molecular flexibility index (Phi) is 4.99. The van der Waals surface area contributed by atoms with Crippen LogP contribution in [-0.2, 0) is 0 Å². The molecule has 1 fully saturated rings. The standard InChI is InChI=1S/C21H24N2O4/c1-14-12-18-19(27-11-10-26-18)13-16(14)21(25)23-8-5-15(6-9-23)20(24)17-4-2-3-7-22-17/h2-4,7,12-13,15,20,24H,5-6,8-11H2,1H3/t20-/m1/s1. The number of piperidine rings is 1. The number of benzene rings is 1. The lowest BCUT2D eigenvalue weighted by Gasteiger charge is -2.34. The zero-order chi connectivity index (χ0) is 18.8. The Morgan fingerprint density at radius 2 is 1.89 bits per heavy atom. The summed E-state index contributed by atoms with van der Waals surface area (Å²) in [6.07, 6.45) is 2.63. The number of aliphatic hydroxyl groups is 1. The first-order chi connectivity index (χ1) is 13.1. The minimum atomic E-state index is -0.584. The van der Waals surface area contributed by atoms with Gasteiger partial charge >= 0.3 is 0 Å². The van der Waals surface area contributed by atoms with Crippen LogP contribution in [0, 0.1) is 12.8 Å². The number of carbonyl (C=O) groups excluding carboxylic acids is 1. The third-order valence-corrected chi connectivity index (χ3v) is 5.38. The molecule has 6 nitrogen and oxygen atoms in total. The lowest BCUT2D eigenvalue weighted by atomic mass is 9.89. The van der Waals surface area contributed by atoms with Gasteiger partial charge in [-0.15, -0.1) is 0 Å². The molecule has 142 valence electrons. The molecule has 1 aromatic carbocycles. The van der Waals surface area contributed by atoms with E-state index >= 15 is 0 Å². The predicted molar refractivity (Wildman–Crippen MR) is 100.0 cm³/mol. The van der Waals surface area contributed by atoms with Crippen LogP contribution in [0.5, 0.6) is 11.5 Å². The average Bonchev–Trinajstić information content (AvgIpc) is 2.73. The van der Waals surface area contributed by atoms with Gasteiger partial charge in [-0.2, -0.15) is 0 Å². The van der Waals surface area contributed by atoms with Crippen molar-refractivity contribution in [3.8, 4) is 11.5 Å². The number of hydrogen-bond acceptors (Lipinski definition) is 5. The molecule has 6 heteroatoms. The molecule has 0 saturated carbocycles. The molecule has 0 aliphatic carbocycles. The largest absolute Gasteiger partial charge is 0.486 e. The molecule has 2 aliphatic rings. The number of aromatic nitrogens is 1. The van der Waals surface area contributed by atoms with Gasteiger partial charge < -0.3 is 19.5 Å². The van der Waals surface area contributed by atoms with Gasteiger partial charge in [0.15, 0.2) is 11.5 Å². The average molecular weight is 368 g/mol. The maximum absolute atomic E-state index is 13.0. The molecule has 2 aromatic rings. The fourth-order valence-electron chi connectivity index (χ4n) is 3.80. The summed E-state index contributed by atoms with van der Waals surface area (Å²) in [6.45, 7) is 4.21. The van der Waals surface area contributed by atoms with Crippen LogP contribution in [0.2, 0.25) is 0 Å². The molecule has 0 radical (unpaired) electrons. The van der Waals surface area contributed by atoms with E-state index in [1.165, 1.54) is 0 Å². The van der Waals surface area contributed by atoms with Crippen molar-refractivity contribution in [2.24, 2.45) is 5.92 Å². The minimum absolute atomic E-state index is 0.00949. The molecular formula is C21H24N2O4. The Balaban J connectivity index is 1.43. The third-order valence-electron chi connectivity index (χ3n) is 5.38. The number of aryl methyl sites for hydroxylation is 1. The zero-order valence-corrected chi connectivity index (χ0v) is 15.4. The van der Waals surface area contributed by atoms with Crippen molar-refractivity contribution in [2.75, 3.05) is 26.3 Å². The topological polar surface area (TPSA) is 71.9 Å². The number of nitrogens with zero attached hydrogens (tertiary/aromatic N) is 2. The highest BCUT2D eigenvalue weighted by Gasteiger charge is 2.30. The maximum atomic E-state index is 13.0. The summed E-state index contributed by atoms with van der Waals surface area (Å²) in [4.78, 5) is 19.1. The van der Waals surface area contributed by atoms with E-state index < -0.39 is 6.10 Å². The maximum Gasteiger partial charge on any atom is 0.254 e. The van der Waals surface area contributed by atoms with Gasteiger partial charge in [-0.1, -0.05) is 6.07 Å². The molecule has 3 heterocycles. The van der Waals surface area contributed by atoms with Crippen LogP contribution < -0.4 is 9.47 Å². The van der Waals surface area contributed by atoms with Crippen LogP contribution in [0.4, 0.5) is 0 Å². The number of likely N-dealkylation sites (tertiary alicyclic amines) is 1. The number of carbonyl (C=O) groups is 1. The van der Waals surface area contributed by atoms with Gasteiger partial charge in [-0.3, -0.25) is 9.78 Å². The van der Waals surface area contributed by atoms with Crippen molar-refractivity contribution < 1.29 is 19.4 Å². The van der Waals surface area contributed by atoms with Crippen LogP contribution in [0.15, 0.2) is 36.5 Å². The summed E-state index contributed by atoms with van der Waals surface area (Å²) in [6, 6.07) is 9.24. The normalized spacial score (nSPS) is 18.2. The van der Waals surface area contributed by atoms with Crippen LogP contribution >= 0.6 is 0 Å². The predicted octanol–water partition coefficient (Wildman–Crippen LogP) is 2.75. The Morgan fingerprint density at radius 1 is 1.19 bits per heavy atom. The van der Waals surface area contributed by atoms with E-state index in [9.17, 15) is 9.90 Å². The molecular weight excluding hydrogens is 344 g/mol. The molecule has 27 heavy (non-hydrogen) atoms. The number of fused-ring (bicyclic) bond motifs is 1. The number of hydrogen-bond donors (Lipinski definition) is 1. The van der Waals surface area contributed by atoms with Crippen molar-refractivity contribution in [3.63, 3.8) is 0 Å². The van der Waals surface area contributed by atoms with Crippen LogP contribution in [0.25, 0.3) is 0 Å².